The van der Waals surface area contributed by atoms with Gasteiger partial charge >= 0.3 is 0 Å². The maximum absolute atomic E-state index is 12.7. The van der Waals surface area contributed by atoms with Gasteiger partial charge in [-0.05, 0) is 70.4 Å². The molecule has 1 aliphatic heterocycles. The van der Waals surface area contributed by atoms with Crippen LogP contribution in [0.5, 0.6) is 17.2 Å². The minimum atomic E-state index is -0.560. The number of aliphatic imine (C=N–C) groups is 1. The summed E-state index contributed by atoms with van der Waals surface area (Å²) in [5.74, 6) is 1.03. The molecule has 10 nitrogen and oxygen atoms in total. The molecule has 3 aromatic rings. The van der Waals surface area contributed by atoms with E-state index < -0.39 is 12.0 Å². The van der Waals surface area contributed by atoms with E-state index in [4.69, 9.17) is 25.8 Å². The van der Waals surface area contributed by atoms with E-state index in [9.17, 15) is 10.1 Å². The number of nitrogens with zero attached hydrogens (tertiary/aromatic N) is 4. The van der Waals surface area contributed by atoms with Gasteiger partial charge in [0.15, 0.2) is 0 Å². The molecule has 2 aromatic carbocycles. The number of methoxy groups -OCH3 is 1. The predicted octanol–water partition coefficient (Wildman–Crippen LogP) is 6.01. The molecular formula is C31H35ClN6O4. The topological polar surface area (TPSA) is 121 Å². The Morgan fingerprint density at radius 3 is 2.64 bits per heavy atom. The second-order valence-corrected chi connectivity index (χ2v) is 10.4. The van der Waals surface area contributed by atoms with Gasteiger partial charge in [0.1, 0.15) is 29.8 Å². The number of carbonyl (C=O) groups excluding carboxylic acids is 1. The van der Waals surface area contributed by atoms with E-state index in [0.29, 0.717) is 52.4 Å². The molecule has 0 bridgehead atoms. The number of ether oxygens (including phenoxy) is 3. The van der Waals surface area contributed by atoms with Crippen LogP contribution in [0.4, 0.5) is 17.1 Å². The first-order valence-electron chi connectivity index (χ1n) is 13.7. The zero-order chi connectivity index (χ0) is 30.1. The van der Waals surface area contributed by atoms with Crippen LogP contribution in [0.1, 0.15) is 37.1 Å². The predicted molar refractivity (Wildman–Crippen MR) is 164 cm³/mol. The molecule has 1 aliphatic rings. The molecule has 1 aromatic heterocycles. The third kappa shape index (κ3) is 7.90. The second-order valence-electron chi connectivity index (χ2n) is 9.97. The number of nitrogens with one attached hydrogen (secondary N) is 2. The van der Waals surface area contributed by atoms with Gasteiger partial charge in [-0.2, -0.15) is 5.26 Å². The Morgan fingerprint density at radius 1 is 1.14 bits per heavy atom. The van der Waals surface area contributed by atoms with Gasteiger partial charge < -0.3 is 29.7 Å². The number of fused-ring (bicyclic) bond motifs is 1. The summed E-state index contributed by atoms with van der Waals surface area (Å²) in [5.41, 5.74) is 3.39. The summed E-state index contributed by atoms with van der Waals surface area (Å²) < 4.78 is 16.8. The molecule has 0 fully saturated rings. The molecule has 0 saturated heterocycles. The smallest absolute Gasteiger partial charge is 0.224 e. The standard InChI is InChI=1S/C31H35ClN6O4/c1-5-41-29-15-26-24(14-27(29)37-30(39)7-6-12-38(2)3)31(20(16-33)17-35-26)36-21-9-11-28(25(32)13-21)42-19-22-8-10-23(40-4)18-34-22/h8-11,13-15,17-18,20,31,36H,5-7,12,19H2,1-4H3,(H,37,39). The Morgan fingerprint density at radius 2 is 1.98 bits per heavy atom. The molecule has 0 spiro atoms. The van der Waals surface area contributed by atoms with Crippen LogP contribution in [0.3, 0.4) is 0 Å². The van der Waals surface area contributed by atoms with Gasteiger partial charge in [0, 0.05) is 30.0 Å². The van der Waals surface area contributed by atoms with Crippen molar-refractivity contribution < 1.29 is 19.0 Å². The van der Waals surface area contributed by atoms with Crippen LogP contribution in [0, 0.1) is 17.2 Å². The minimum Gasteiger partial charge on any atom is -0.495 e. The van der Waals surface area contributed by atoms with Gasteiger partial charge in [0.05, 0.1) is 54.1 Å². The van der Waals surface area contributed by atoms with Crippen molar-refractivity contribution in [2.45, 2.75) is 32.4 Å². The second kappa shape index (κ2) is 14.5. The van der Waals surface area contributed by atoms with E-state index in [2.05, 4.69) is 26.7 Å². The zero-order valence-corrected chi connectivity index (χ0v) is 24.9. The summed E-state index contributed by atoms with van der Waals surface area (Å²) in [6.45, 7) is 3.36. The SMILES string of the molecule is CCOc1cc2c(cc1NC(=O)CCCN(C)C)C(Nc1ccc(OCc3ccc(OC)cn3)c(Cl)c1)C(C#N)C=N2. The van der Waals surface area contributed by atoms with Gasteiger partial charge in [-0.25, -0.2) is 0 Å². The lowest BCUT2D eigenvalue weighted by Gasteiger charge is -2.28. The molecule has 1 amide bonds. The van der Waals surface area contributed by atoms with E-state index in [1.54, 1.807) is 37.7 Å². The first-order valence-corrected chi connectivity index (χ1v) is 14.1. The third-order valence-corrected chi connectivity index (χ3v) is 6.89. The highest BCUT2D eigenvalue weighted by atomic mass is 35.5. The highest BCUT2D eigenvalue weighted by molar-refractivity contribution is 6.32. The Kier molecular flexibility index (Phi) is 10.6. The molecule has 2 heterocycles. The Hall–Kier alpha value is -4.33. The average Bonchev–Trinajstić information content (AvgIpc) is 2.97. The fraction of sp³-hybridized carbons (Fsp3) is 0.355. The number of halogens is 1. The van der Waals surface area contributed by atoms with Crippen molar-refractivity contribution >= 4 is 40.8 Å². The highest BCUT2D eigenvalue weighted by Crippen LogP contribution is 2.43. The van der Waals surface area contributed by atoms with Crippen LogP contribution in [-0.2, 0) is 11.4 Å². The number of aromatic nitrogens is 1. The highest BCUT2D eigenvalue weighted by Gasteiger charge is 2.29. The number of anilines is 2. The number of nitriles is 1. The van der Waals surface area contributed by atoms with Crippen LogP contribution >= 0.6 is 11.6 Å². The summed E-state index contributed by atoms with van der Waals surface area (Å²) in [5, 5.41) is 16.8. The summed E-state index contributed by atoms with van der Waals surface area (Å²) in [7, 11) is 5.53. The molecule has 42 heavy (non-hydrogen) atoms. The van der Waals surface area contributed by atoms with E-state index in [-0.39, 0.29) is 12.5 Å². The van der Waals surface area contributed by atoms with E-state index >= 15 is 0 Å². The molecule has 4 rings (SSSR count). The summed E-state index contributed by atoms with van der Waals surface area (Å²) in [6.07, 6.45) is 4.36. The van der Waals surface area contributed by atoms with Gasteiger partial charge in [-0.15, -0.1) is 0 Å². The van der Waals surface area contributed by atoms with Crippen LogP contribution in [-0.4, -0.2) is 56.4 Å². The van der Waals surface area contributed by atoms with Gasteiger partial charge in [0.25, 0.3) is 0 Å². The molecule has 0 aliphatic carbocycles. The van der Waals surface area contributed by atoms with Crippen LogP contribution in [0.25, 0.3) is 0 Å². The third-order valence-electron chi connectivity index (χ3n) is 6.59. The summed E-state index contributed by atoms with van der Waals surface area (Å²) >= 11 is 6.57. The number of rotatable bonds is 13. The minimum absolute atomic E-state index is 0.106. The van der Waals surface area contributed by atoms with Crippen molar-refractivity contribution in [1.29, 1.82) is 5.26 Å². The number of hydrogen-bond donors (Lipinski definition) is 2. The molecule has 2 N–H and O–H groups in total. The maximum atomic E-state index is 12.7. The molecule has 0 saturated carbocycles. The fourth-order valence-electron chi connectivity index (χ4n) is 4.46. The normalized spacial score (nSPS) is 15.5. The monoisotopic (exact) mass is 590 g/mol. The Labute approximate surface area is 251 Å². The van der Waals surface area contributed by atoms with Gasteiger partial charge in [0.2, 0.25) is 5.91 Å². The van der Waals surface area contributed by atoms with Crippen LogP contribution in [0.15, 0.2) is 53.7 Å². The first-order chi connectivity index (χ1) is 20.3. The number of hydrogen-bond acceptors (Lipinski definition) is 9. The van der Waals surface area contributed by atoms with E-state index in [1.165, 1.54) is 0 Å². The fourth-order valence-corrected chi connectivity index (χ4v) is 4.69. The number of pyridine rings is 1. The molecule has 0 radical (unpaired) electrons. The first kappa shape index (κ1) is 30.6. The molecular weight excluding hydrogens is 556 g/mol. The van der Waals surface area contributed by atoms with Crippen molar-refractivity contribution in [3.8, 4) is 23.3 Å². The number of amides is 1. The molecule has 11 heteroatoms. The van der Waals surface area contributed by atoms with Crippen molar-refractivity contribution in [2.24, 2.45) is 10.9 Å². The van der Waals surface area contributed by atoms with E-state index in [1.807, 2.05) is 50.2 Å². The average molecular weight is 591 g/mol. The van der Waals surface area contributed by atoms with Crippen molar-refractivity contribution in [3.05, 3.63) is 64.9 Å². The van der Waals surface area contributed by atoms with Crippen LogP contribution < -0.4 is 24.8 Å². The van der Waals surface area contributed by atoms with Crippen molar-refractivity contribution in [1.82, 2.24) is 9.88 Å². The molecule has 2 unspecified atom stereocenters. The quantitative estimate of drug-likeness (QED) is 0.248. The Bertz CT molecular complexity index is 1460. The van der Waals surface area contributed by atoms with Crippen molar-refractivity contribution in [2.75, 3.05) is 45.0 Å². The molecule has 2 atom stereocenters. The van der Waals surface area contributed by atoms with Crippen molar-refractivity contribution in [3.63, 3.8) is 0 Å². The number of carbonyl (C=O) groups is 1. The lowest BCUT2D eigenvalue weighted by atomic mass is 9.90. The zero-order valence-electron chi connectivity index (χ0n) is 24.2. The Balaban J connectivity index is 1.53. The molecule has 220 valence electrons. The summed E-state index contributed by atoms with van der Waals surface area (Å²) in [4.78, 5) is 23.6. The summed E-state index contributed by atoms with van der Waals surface area (Å²) in [6, 6.07) is 14.5. The number of benzene rings is 2. The maximum Gasteiger partial charge on any atom is 0.224 e. The van der Waals surface area contributed by atoms with Crippen LogP contribution in [0.2, 0.25) is 5.02 Å². The lowest BCUT2D eigenvalue weighted by Crippen LogP contribution is -2.24. The lowest BCUT2D eigenvalue weighted by molar-refractivity contribution is -0.116. The van der Waals surface area contributed by atoms with Gasteiger partial charge in [-0.1, -0.05) is 11.6 Å². The van der Waals surface area contributed by atoms with Gasteiger partial charge in [-0.3, -0.25) is 14.8 Å². The van der Waals surface area contributed by atoms with E-state index in [0.717, 1.165) is 24.2 Å². The largest absolute Gasteiger partial charge is 0.495 e.